The van der Waals surface area contributed by atoms with Crippen molar-refractivity contribution in [2.75, 3.05) is 6.61 Å². The van der Waals surface area contributed by atoms with Crippen LogP contribution in [0.4, 0.5) is 26.3 Å². The number of ether oxygens (including phenoxy) is 2. The zero-order valence-corrected chi connectivity index (χ0v) is 9.29. The van der Waals surface area contributed by atoms with Gasteiger partial charge in [-0.25, -0.2) is 4.79 Å². The summed E-state index contributed by atoms with van der Waals surface area (Å²) >= 11 is 0. The highest BCUT2D eigenvalue weighted by Gasteiger charge is 2.58. The molecule has 0 aromatic rings. The lowest BCUT2D eigenvalue weighted by atomic mass is 10.2. The van der Waals surface area contributed by atoms with Crippen molar-refractivity contribution >= 4 is 5.97 Å². The first-order chi connectivity index (χ1) is 8.51. The van der Waals surface area contributed by atoms with Crippen LogP contribution < -0.4 is 0 Å². The van der Waals surface area contributed by atoms with Gasteiger partial charge in [-0.2, -0.15) is 26.3 Å². The van der Waals surface area contributed by atoms with Crippen LogP contribution in [-0.2, 0) is 14.3 Å². The molecule has 1 heterocycles. The summed E-state index contributed by atoms with van der Waals surface area (Å²) in [5.41, 5.74) is 0. The van der Waals surface area contributed by atoms with Crippen molar-refractivity contribution in [1.82, 2.24) is 0 Å². The number of carbonyl (C=O) groups is 1. The summed E-state index contributed by atoms with van der Waals surface area (Å²) < 4.78 is 81.2. The molecule has 0 aromatic carbocycles. The maximum atomic E-state index is 12.1. The van der Waals surface area contributed by atoms with Crippen molar-refractivity contribution in [3.8, 4) is 0 Å². The molecule has 1 aliphatic heterocycles. The predicted molar refractivity (Wildman–Crippen MR) is 47.4 cm³/mol. The standard InChI is InChI=1S/C9H10F6O4/c10-8(11,12)7(9(13,14)15)18-3-4-1-2-5(19-4)6(16)17/h4-5,7H,1-3H2,(H,16,17). The summed E-state index contributed by atoms with van der Waals surface area (Å²) in [7, 11) is 0. The molecule has 10 heteroatoms. The van der Waals surface area contributed by atoms with Crippen LogP contribution in [0, 0.1) is 0 Å². The second-order valence-corrected chi connectivity index (χ2v) is 3.96. The number of hydrogen-bond acceptors (Lipinski definition) is 3. The lowest BCUT2D eigenvalue weighted by molar-refractivity contribution is -0.324. The van der Waals surface area contributed by atoms with E-state index in [1.165, 1.54) is 0 Å². The number of halogens is 6. The van der Waals surface area contributed by atoms with E-state index >= 15 is 0 Å². The van der Waals surface area contributed by atoms with Crippen LogP contribution in [0.5, 0.6) is 0 Å². The van der Waals surface area contributed by atoms with Gasteiger partial charge in [0.1, 0.15) is 0 Å². The molecule has 2 unspecified atom stereocenters. The van der Waals surface area contributed by atoms with Crippen LogP contribution in [-0.4, -0.2) is 48.3 Å². The number of carboxylic acid groups (broad SMARTS) is 1. The third-order valence-electron chi connectivity index (χ3n) is 2.43. The molecule has 0 aliphatic carbocycles. The van der Waals surface area contributed by atoms with Gasteiger partial charge in [0.05, 0.1) is 12.7 Å². The highest BCUT2D eigenvalue weighted by Crippen LogP contribution is 2.36. The Bertz CT molecular complexity index is 312. The van der Waals surface area contributed by atoms with E-state index in [4.69, 9.17) is 9.84 Å². The van der Waals surface area contributed by atoms with Crippen molar-refractivity contribution in [2.24, 2.45) is 0 Å². The Hall–Kier alpha value is -1.03. The number of alkyl halides is 6. The van der Waals surface area contributed by atoms with E-state index in [2.05, 4.69) is 4.74 Å². The quantitative estimate of drug-likeness (QED) is 0.807. The zero-order chi connectivity index (χ0) is 14.8. The van der Waals surface area contributed by atoms with Gasteiger partial charge in [0.25, 0.3) is 0 Å². The fourth-order valence-corrected chi connectivity index (χ4v) is 1.59. The van der Waals surface area contributed by atoms with Gasteiger partial charge in [0.15, 0.2) is 6.10 Å². The molecule has 112 valence electrons. The van der Waals surface area contributed by atoms with Crippen LogP contribution in [0.3, 0.4) is 0 Å². The normalized spacial score (nSPS) is 25.0. The molecule has 19 heavy (non-hydrogen) atoms. The van der Waals surface area contributed by atoms with E-state index < -0.39 is 43.2 Å². The van der Waals surface area contributed by atoms with E-state index in [9.17, 15) is 31.1 Å². The van der Waals surface area contributed by atoms with Crippen molar-refractivity contribution in [2.45, 2.75) is 43.5 Å². The third kappa shape index (κ3) is 4.53. The van der Waals surface area contributed by atoms with Gasteiger partial charge in [0, 0.05) is 0 Å². The van der Waals surface area contributed by atoms with Crippen LogP contribution in [0.25, 0.3) is 0 Å². The molecular formula is C9H10F6O4. The molecular weight excluding hydrogens is 286 g/mol. The highest BCUT2D eigenvalue weighted by molar-refractivity contribution is 5.72. The number of rotatable bonds is 4. The molecule has 1 fully saturated rings. The molecule has 0 saturated carbocycles. The lowest BCUT2D eigenvalue weighted by Crippen LogP contribution is -2.45. The summed E-state index contributed by atoms with van der Waals surface area (Å²) in [6, 6.07) is 0. The molecule has 1 N–H and O–H groups in total. The summed E-state index contributed by atoms with van der Waals surface area (Å²) in [5, 5.41) is 8.54. The Morgan fingerprint density at radius 2 is 1.74 bits per heavy atom. The zero-order valence-electron chi connectivity index (χ0n) is 9.29. The molecule has 1 rings (SSSR count). The van der Waals surface area contributed by atoms with Crippen LogP contribution in [0.2, 0.25) is 0 Å². The average Bonchev–Trinajstić information content (AvgIpc) is 2.62. The first kappa shape index (κ1) is 16.0. The summed E-state index contributed by atoms with van der Waals surface area (Å²) in [5.74, 6) is -1.31. The van der Waals surface area contributed by atoms with Gasteiger partial charge in [-0.15, -0.1) is 0 Å². The van der Waals surface area contributed by atoms with E-state index in [1.54, 1.807) is 0 Å². The highest BCUT2D eigenvalue weighted by atomic mass is 19.4. The van der Waals surface area contributed by atoms with E-state index in [-0.39, 0.29) is 12.8 Å². The van der Waals surface area contributed by atoms with Crippen molar-refractivity contribution in [3.05, 3.63) is 0 Å². The molecule has 0 spiro atoms. The van der Waals surface area contributed by atoms with Crippen LogP contribution in [0.15, 0.2) is 0 Å². The summed E-state index contributed by atoms with van der Waals surface area (Å²) in [6.07, 6.45) is -17.3. The van der Waals surface area contributed by atoms with E-state index in [1.807, 2.05) is 0 Å². The Morgan fingerprint density at radius 1 is 1.21 bits per heavy atom. The Kier molecular flexibility index (Phi) is 4.67. The van der Waals surface area contributed by atoms with Crippen molar-refractivity contribution in [3.63, 3.8) is 0 Å². The molecule has 0 aromatic heterocycles. The van der Waals surface area contributed by atoms with Crippen molar-refractivity contribution < 1.29 is 45.7 Å². The second-order valence-electron chi connectivity index (χ2n) is 3.96. The summed E-state index contributed by atoms with van der Waals surface area (Å²) in [4.78, 5) is 10.5. The smallest absolute Gasteiger partial charge is 0.423 e. The molecule has 4 nitrogen and oxygen atoms in total. The van der Waals surface area contributed by atoms with Gasteiger partial charge >= 0.3 is 18.3 Å². The fraction of sp³-hybridized carbons (Fsp3) is 0.889. The minimum atomic E-state index is -5.58. The Balaban J connectivity index is 2.53. The maximum absolute atomic E-state index is 12.1. The lowest BCUT2D eigenvalue weighted by Gasteiger charge is -2.24. The molecule has 1 aliphatic rings. The van der Waals surface area contributed by atoms with Gasteiger partial charge in [0.2, 0.25) is 6.10 Å². The number of aliphatic carboxylic acids is 1. The maximum Gasteiger partial charge on any atom is 0.423 e. The minimum Gasteiger partial charge on any atom is -0.479 e. The molecule has 0 amide bonds. The third-order valence-corrected chi connectivity index (χ3v) is 2.43. The molecule has 2 atom stereocenters. The van der Waals surface area contributed by atoms with Crippen LogP contribution >= 0.6 is 0 Å². The van der Waals surface area contributed by atoms with E-state index in [0.717, 1.165) is 0 Å². The van der Waals surface area contributed by atoms with Gasteiger partial charge < -0.3 is 14.6 Å². The monoisotopic (exact) mass is 296 g/mol. The predicted octanol–water partition coefficient (Wildman–Crippen LogP) is 2.13. The largest absolute Gasteiger partial charge is 0.479 e. The van der Waals surface area contributed by atoms with Gasteiger partial charge in [-0.05, 0) is 12.8 Å². The van der Waals surface area contributed by atoms with E-state index in [0.29, 0.717) is 0 Å². The SMILES string of the molecule is O=C(O)C1CCC(COC(C(F)(F)F)C(F)(F)F)O1. The van der Waals surface area contributed by atoms with Gasteiger partial charge in [-0.1, -0.05) is 0 Å². The summed E-state index contributed by atoms with van der Waals surface area (Å²) in [6.45, 7) is -0.965. The second kappa shape index (κ2) is 5.53. The average molecular weight is 296 g/mol. The molecule has 0 bridgehead atoms. The van der Waals surface area contributed by atoms with Crippen molar-refractivity contribution in [1.29, 1.82) is 0 Å². The topological polar surface area (TPSA) is 55.8 Å². The minimum absolute atomic E-state index is 0.0199. The Labute approximate surface area is 103 Å². The number of carboxylic acids is 1. The van der Waals surface area contributed by atoms with Crippen LogP contribution in [0.1, 0.15) is 12.8 Å². The number of hydrogen-bond donors (Lipinski definition) is 1. The fourth-order valence-electron chi connectivity index (χ4n) is 1.59. The molecule has 0 radical (unpaired) electrons. The molecule has 1 saturated heterocycles. The first-order valence-corrected chi connectivity index (χ1v) is 5.15. The Morgan fingerprint density at radius 3 is 2.11 bits per heavy atom. The first-order valence-electron chi connectivity index (χ1n) is 5.15. The van der Waals surface area contributed by atoms with Gasteiger partial charge in [-0.3, -0.25) is 0 Å².